The van der Waals surface area contributed by atoms with Gasteiger partial charge in [0.15, 0.2) is 5.54 Å². The summed E-state index contributed by atoms with van der Waals surface area (Å²) in [5.74, 6) is 0.254. The van der Waals surface area contributed by atoms with E-state index in [1.807, 2.05) is 30.3 Å². The van der Waals surface area contributed by atoms with Crippen molar-refractivity contribution in [2.75, 3.05) is 13.1 Å². The Morgan fingerprint density at radius 2 is 1.96 bits per heavy atom. The van der Waals surface area contributed by atoms with Gasteiger partial charge in [0.2, 0.25) is 11.7 Å². The van der Waals surface area contributed by atoms with Gasteiger partial charge >= 0.3 is 5.97 Å². The van der Waals surface area contributed by atoms with Crippen molar-refractivity contribution in [1.29, 1.82) is 0 Å². The first-order chi connectivity index (χ1) is 12.7. The number of aliphatic carboxylic acids is 1. The van der Waals surface area contributed by atoms with E-state index in [-0.39, 0.29) is 0 Å². The van der Waals surface area contributed by atoms with E-state index in [1.54, 1.807) is 23.1 Å². The highest BCUT2D eigenvalue weighted by atomic mass is 16.5. The van der Waals surface area contributed by atoms with Gasteiger partial charge in [0.25, 0.3) is 0 Å². The van der Waals surface area contributed by atoms with E-state index in [4.69, 9.17) is 4.52 Å². The van der Waals surface area contributed by atoms with Crippen LogP contribution in [0.3, 0.4) is 0 Å². The largest absolute Gasteiger partial charge is 0.479 e. The second-order valence-corrected chi connectivity index (χ2v) is 6.44. The smallest absolute Gasteiger partial charge is 0.331 e. The molecule has 0 saturated carbocycles. The molecule has 3 aromatic rings. The molecule has 1 fully saturated rings. The molecule has 0 aliphatic carbocycles. The molecule has 134 valence electrons. The highest BCUT2D eigenvalue weighted by Crippen LogP contribution is 2.30. The third-order valence-corrected chi connectivity index (χ3v) is 4.88. The Kier molecular flexibility index (Phi) is 4.26. The minimum absolute atomic E-state index is 0.476. The van der Waals surface area contributed by atoms with Crippen molar-refractivity contribution in [1.82, 2.24) is 24.8 Å². The Morgan fingerprint density at radius 3 is 2.62 bits per heavy atom. The molecule has 0 unspecified atom stereocenters. The number of likely N-dealkylation sites (tertiary alicyclic amines) is 1. The molecule has 4 rings (SSSR count). The zero-order chi connectivity index (χ0) is 18.0. The SMILES string of the molecule is O=C(O)C1(n2cccn2)CCN(Cc2nc(-c3ccccc3)no2)CC1. The average Bonchev–Trinajstić information content (AvgIpc) is 3.35. The van der Waals surface area contributed by atoms with E-state index in [0.717, 1.165) is 5.56 Å². The van der Waals surface area contributed by atoms with E-state index >= 15 is 0 Å². The fourth-order valence-corrected chi connectivity index (χ4v) is 3.36. The summed E-state index contributed by atoms with van der Waals surface area (Å²) in [7, 11) is 0. The van der Waals surface area contributed by atoms with Gasteiger partial charge in [-0.2, -0.15) is 10.1 Å². The van der Waals surface area contributed by atoms with Gasteiger partial charge in [-0.1, -0.05) is 35.5 Å². The van der Waals surface area contributed by atoms with Gasteiger partial charge < -0.3 is 9.63 Å². The van der Waals surface area contributed by atoms with Crippen molar-refractivity contribution in [2.45, 2.75) is 24.9 Å². The summed E-state index contributed by atoms with van der Waals surface area (Å²) in [5, 5.41) is 17.9. The molecule has 1 N–H and O–H groups in total. The van der Waals surface area contributed by atoms with Gasteiger partial charge in [-0.05, 0) is 18.9 Å². The van der Waals surface area contributed by atoms with E-state index in [0.29, 0.717) is 44.2 Å². The van der Waals surface area contributed by atoms with Crippen LogP contribution in [0, 0.1) is 0 Å². The van der Waals surface area contributed by atoms with Crippen LogP contribution in [-0.4, -0.2) is 49.0 Å². The number of benzene rings is 1. The summed E-state index contributed by atoms with van der Waals surface area (Å²) in [5.41, 5.74) is -0.0750. The van der Waals surface area contributed by atoms with Crippen molar-refractivity contribution in [3.63, 3.8) is 0 Å². The summed E-state index contributed by atoms with van der Waals surface area (Å²) in [6, 6.07) is 11.4. The molecule has 26 heavy (non-hydrogen) atoms. The van der Waals surface area contributed by atoms with Crippen LogP contribution in [0.2, 0.25) is 0 Å². The van der Waals surface area contributed by atoms with Crippen LogP contribution in [0.25, 0.3) is 11.4 Å². The normalized spacial score (nSPS) is 17.2. The Morgan fingerprint density at radius 1 is 1.19 bits per heavy atom. The molecular formula is C18H19N5O3. The van der Waals surface area contributed by atoms with Gasteiger partial charge in [-0.3, -0.25) is 9.58 Å². The molecule has 0 atom stereocenters. The predicted octanol–water partition coefficient (Wildman–Crippen LogP) is 2.01. The number of hydrogen-bond donors (Lipinski definition) is 1. The first-order valence-corrected chi connectivity index (χ1v) is 8.51. The summed E-state index contributed by atoms with van der Waals surface area (Å²) >= 11 is 0. The van der Waals surface area contributed by atoms with E-state index < -0.39 is 11.5 Å². The van der Waals surface area contributed by atoms with Gasteiger partial charge in [0, 0.05) is 31.0 Å². The van der Waals surface area contributed by atoms with Gasteiger partial charge in [0.05, 0.1) is 6.54 Å². The second-order valence-electron chi connectivity index (χ2n) is 6.44. The summed E-state index contributed by atoms with van der Waals surface area (Å²) in [4.78, 5) is 18.5. The van der Waals surface area contributed by atoms with Crippen molar-refractivity contribution >= 4 is 5.97 Å². The van der Waals surface area contributed by atoms with Crippen LogP contribution >= 0.6 is 0 Å². The van der Waals surface area contributed by atoms with Gasteiger partial charge in [0.1, 0.15) is 0 Å². The third kappa shape index (κ3) is 2.99. The number of nitrogens with zero attached hydrogens (tertiary/aromatic N) is 5. The molecule has 1 aromatic carbocycles. The molecule has 1 aliphatic heterocycles. The lowest BCUT2D eigenvalue weighted by molar-refractivity contribution is -0.151. The molecule has 0 radical (unpaired) electrons. The number of hydrogen-bond acceptors (Lipinski definition) is 6. The number of carbonyl (C=O) groups is 1. The van der Waals surface area contributed by atoms with Gasteiger partial charge in [-0.15, -0.1) is 0 Å². The summed E-state index contributed by atoms with van der Waals surface area (Å²) < 4.78 is 6.92. The lowest BCUT2D eigenvalue weighted by atomic mass is 9.87. The molecule has 3 heterocycles. The molecule has 1 saturated heterocycles. The zero-order valence-corrected chi connectivity index (χ0v) is 14.2. The van der Waals surface area contributed by atoms with Crippen LogP contribution < -0.4 is 0 Å². The minimum atomic E-state index is -0.982. The molecular weight excluding hydrogens is 334 g/mol. The van der Waals surface area contributed by atoms with Gasteiger partial charge in [-0.25, -0.2) is 4.79 Å². The van der Waals surface area contributed by atoms with Crippen LogP contribution in [0.4, 0.5) is 0 Å². The second kappa shape index (κ2) is 6.72. The average molecular weight is 353 g/mol. The van der Waals surface area contributed by atoms with Crippen molar-refractivity contribution in [3.8, 4) is 11.4 Å². The molecule has 2 aromatic heterocycles. The summed E-state index contributed by atoms with van der Waals surface area (Å²) in [6.45, 7) is 1.75. The van der Waals surface area contributed by atoms with Crippen LogP contribution in [0.15, 0.2) is 53.3 Å². The maximum Gasteiger partial charge on any atom is 0.331 e. The Balaban J connectivity index is 1.43. The highest BCUT2D eigenvalue weighted by molar-refractivity contribution is 5.76. The zero-order valence-electron chi connectivity index (χ0n) is 14.2. The summed E-state index contributed by atoms with van der Waals surface area (Å²) in [6.07, 6.45) is 4.28. The van der Waals surface area contributed by atoms with Crippen LogP contribution in [0.5, 0.6) is 0 Å². The lowest BCUT2D eigenvalue weighted by Gasteiger charge is -2.38. The fourth-order valence-electron chi connectivity index (χ4n) is 3.36. The van der Waals surface area contributed by atoms with Crippen molar-refractivity contribution in [3.05, 3.63) is 54.7 Å². The first kappa shape index (κ1) is 16.5. The van der Waals surface area contributed by atoms with Crippen LogP contribution in [0.1, 0.15) is 18.7 Å². The maximum absolute atomic E-state index is 11.9. The Bertz CT molecular complexity index is 867. The number of carboxylic acid groups (broad SMARTS) is 1. The Hall–Kier alpha value is -3.00. The topological polar surface area (TPSA) is 97.3 Å². The molecule has 0 spiro atoms. The maximum atomic E-state index is 11.9. The lowest BCUT2D eigenvalue weighted by Crippen LogP contribution is -2.51. The molecule has 1 aliphatic rings. The third-order valence-electron chi connectivity index (χ3n) is 4.88. The minimum Gasteiger partial charge on any atom is -0.479 e. The molecule has 8 heteroatoms. The van der Waals surface area contributed by atoms with E-state index in [1.165, 1.54) is 0 Å². The number of rotatable bonds is 5. The monoisotopic (exact) mass is 353 g/mol. The van der Waals surface area contributed by atoms with Crippen molar-refractivity contribution in [2.24, 2.45) is 0 Å². The van der Waals surface area contributed by atoms with Crippen molar-refractivity contribution < 1.29 is 14.4 Å². The van der Waals surface area contributed by atoms with E-state index in [2.05, 4.69) is 20.1 Å². The quantitative estimate of drug-likeness (QED) is 0.749. The Labute approximate surface area is 150 Å². The number of carboxylic acids is 1. The first-order valence-electron chi connectivity index (χ1n) is 8.51. The van der Waals surface area contributed by atoms with E-state index in [9.17, 15) is 9.90 Å². The number of piperidine rings is 1. The molecule has 0 bridgehead atoms. The predicted molar refractivity (Wildman–Crippen MR) is 92.1 cm³/mol. The molecule has 0 amide bonds. The van der Waals surface area contributed by atoms with Crippen LogP contribution in [-0.2, 0) is 16.9 Å². The standard InChI is InChI=1S/C18H19N5O3/c24-17(25)18(23-10-4-9-19-23)7-11-22(12-8-18)13-15-20-16(21-26-15)14-5-2-1-3-6-14/h1-6,9-10H,7-8,11-13H2,(H,24,25). The number of aromatic nitrogens is 4. The fraction of sp³-hybridized carbons (Fsp3) is 0.333. The molecule has 8 nitrogen and oxygen atoms in total. The highest BCUT2D eigenvalue weighted by Gasteiger charge is 2.44.